The third-order valence-electron chi connectivity index (χ3n) is 2.64. The Labute approximate surface area is 114 Å². The highest BCUT2D eigenvalue weighted by Crippen LogP contribution is 2.09. The SMILES string of the molecule is CCn1cc(NCc2cnn(C(C)C)c2)cn1.Cl. The lowest BCUT2D eigenvalue weighted by Crippen LogP contribution is -2.01. The van der Waals surface area contributed by atoms with E-state index >= 15 is 0 Å². The van der Waals surface area contributed by atoms with Crippen LogP contribution in [0.25, 0.3) is 0 Å². The van der Waals surface area contributed by atoms with E-state index in [2.05, 4.69) is 42.5 Å². The molecule has 2 heterocycles. The fourth-order valence-corrected chi connectivity index (χ4v) is 1.58. The molecule has 0 fully saturated rings. The first-order valence-electron chi connectivity index (χ1n) is 5.98. The van der Waals surface area contributed by atoms with Gasteiger partial charge in [0.1, 0.15) is 0 Å². The fraction of sp³-hybridized carbons (Fsp3) is 0.500. The molecule has 0 bridgehead atoms. The Morgan fingerprint density at radius 1 is 1.22 bits per heavy atom. The molecule has 0 saturated heterocycles. The third-order valence-corrected chi connectivity index (χ3v) is 2.64. The number of halogens is 1. The van der Waals surface area contributed by atoms with E-state index in [4.69, 9.17) is 0 Å². The molecule has 0 atom stereocenters. The average Bonchev–Trinajstić information content (AvgIpc) is 2.95. The molecule has 0 radical (unpaired) electrons. The van der Waals surface area contributed by atoms with Crippen molar-refractivity contribution in [2.24, 2.45) is 0 Å². The Balaban J connectivity index is 0.00000162. The standard InChI is InChI=1S/C12H19N5.ClH/c1-4-16-9-12(7-14-16)13-5-11-6-15-17(8-11)10(2)3;/h6-10,13H,4-5H2,1-3H3;1H. The van der Waals surface area contributed by atoms with Crippen LogP contribution in [0.3, 0.4) is 0 Å². The van der Waals surface area contributed by atoms with Gasteiger partial charge >= 0.3 is 0 Å². The predicted octanol–water partition coefficient (Wildman–Crippen LogP) is 2.71. The minimum Gasteiger partial charge on any atom is -0.378 e. The Morgan fingerprint density at radius 2 is 2.00 bits per heavy atom. The molecule has 0 aliphatic rings. The van der Waals surface area contributed by atoms with Crippen molar-refractivity contribution in [1.29, 1.82) is 0 Å². The van der Waals surface area contributed by atoms with E-state index in [1.54, 1.807) is 0 Å². The molecule has 6 heteroatoms. The summed E-state index contributed by atoms with van der Waals surface area (Å²) < 4.78 is 3.87. The van der Waals surface area contributed by atoms with Gasteiger partial charge in [-0.05, 0) is 20.8 Å². The van der Waals surface area contributed by atoms with Gasteiger partial charge in [-0.1, -0.05) is 0 Å². The van der Waals surface area contributed by atoms with Crippen molar-refractivity contribution in [3.63, 3.8) is 0 Å². The van der Waals surface area contributed by atoms with Crippen LogP contribution in [0.2, 0.25) is 0 Å². The second-order valence-electron chi connectivity index (χ2n) is 4.36. The summed E-state index contributed by atoms with van der Waals surface area (Å²) in [5.41, 5.74) is 2.23. The van der Waals surface area contributed by atoms with Crippen LogP contribution >= 0.6 is 12.4 Å². The quantitative estimate of drug-likeness (QED) is 0.908. The number of anilines is 1. The van der Waals surface area contributed by atoms with Gasteiger partial charge in [0.2, 0.25) is 0 Å². The molecule has 0 unspecified atom stereocenters. The molecule has 2 aromatic heterocycles. The summed E-state index contributed by atoms with van der Waals surface area (Å²) in [7, 11) is 0. The summed E-state index contributed by atoms with van der Waals surface area (Å²) >= 11 is 0. The summed E-state index contributed by atoms with van der Waals surface area (Å²) in [6.45, 7) is 7.99. The lowest BCUT2D eigenvalue weighted by molar-refractivity contribution is 0.532. The van der Waals surface area contributed by atoms with E-state index in [0.717, 1.165) is 18.8 Å². The van der Waals surface area contributed by atoms with Crippen LogP contribution in [0, 0.1) is 0 Å². The van der Waals surface area contributed by atoms with Crippen LogP contribution in [-0.4, -0.2) is 19.6 Å². The van der Waals surface area contributed by atoms with Gasteiger partial charge in [-0.15, -0.1) is 12.4 Å². The topological polar surface area (TPSA) is 47.7 Å². The third kappa shape index (κ3) is 3.50. The van der Waals surface area contributed by atoms with Crippen molar-refractivity contribution in [1.82, 2.24) is 19.6 Å². The monoisotopic (exact) mass is 269 g/mol. The van der Waals surface area contributed by atoms with Crippen LogP contribution < -0.4 is 5.32 Å². The van der Waals surface area contributed by atoms with Gasteiger partial charge in [-0.25, -0.2) is 0 Å². The maximum Gasteiger partial charge on any atom is 0.0729 e. The van der Waals surface area contributed by atoms with Gasteiger partial charge in [-0.3, -0.25) is 9.36 Å². The van der Waals surface area contributed by atoms with Crippen molar-refractivity contribution in [3.8, 4) is 0 Å². The predicted molar refractivity (Wildman–Crippen MR) is 75.1 cm³/mol. The van der Waals surface area contributed by atoms with Gasteiger partial charge in [0, 0.05) is 37.1 Å². The van der Waals surface area contributed by atoms with Crippen LogP contribution in [0.15, 0.2) is 24.8 Å². The van der Waals surface area contributed by atoms with E-state index in [1.807, 2.05) is 28.0 Å². The molecular formula is C12H20ClN5. The van der Waals surface area contributed by atoms with Gasteiger partial charge in [0.15, 0.2) is 0 Å². The number of aryl methyl sites for hydroxylation is 1. The first-order valence-corrected chi connectivity index (χ1v) is 5.98. The van der Waals surface area contributed by atoms with Gasteiger partial charge in [-0.2, -0.15) is 10.2 Å². The van der Waals surface area contributed by atoms with Gasteiger partial charge in [0.05, 0.1) is 18.1 Å². The molecule has 2 aromatic rings. The van der Waals surface area contributed by atoms with Crippen LogP contribution in [0.5, 0.6) is 0 Å². The van der Waals surface area contributed by atoms with E-state index in [-0.39, 0.29) is 12.4 Å². The number of aromatic nitrogens is 4. The Bertz CT molecular complexity index is 474. The molecule has 2 rings (SSSR count). The van der Waals surface area contributed by atoms with Crippen molar-refractivity contribution >= 4 is 18.1 Å². The summed E-state index contributed by atoms with van der Waals surface area (Å²) in [6.07, 6.45) is 7.82. The van der Waals surface area contributed by atoms with Crippen molar-refractivity contribution in [2.45, 2.75) is 39.9 Å². The van der Waals surface area contributed by atoms with Crippen LogP contribution in [0.4, 0.5) is 5.69 Å². The molecule has 0 spiro atoms. The molecule has 18 heavy (non-hydrogen) atoms. The van der Waals surface area contributed by atoms with Crippen molar-refractivity contribution in [3.05, 3.63) is 30.4 Å². The lowest BCUT2D eigenvalue weighted by atomic mass is 10.3. The lowest BCUT2D eigenvalue weighted by Gasteiger charge is -2.03. The van der Waals surface area contributed by atoms with E-state index in [1.165, 1.54) is 5.56 Å². The molecular weight excluding hydrogens is 250 g/mol. The maximum atomic E-state index is 4.31. The first kappa shape index (κ1) is 14.6. The number of hydrogen-bond donors (Lipinski definition) is 1. The summed E-state index contributed by atoms with van der Waals surface area (Å²) in [4.78, 5) is 0. The molecule has 0 aliphatic carbocycles. The largest absolute Gasteiger partial charge is 0.378 e. The minimum atomic E-state index is 0. The second-order valence-corrected chi connectivity index (χ2v) is 4.36. The molecule has 0 amide bonds. The Hall–Kier alpha value is -1.49. The molecule has 1 N–H and O–H groups in total. The van der Waals surface area contributed by atoms with Crippen LogP contribution in [-0.2, 0) is 13.1 Å². The number of rotatable bonds is 5. The minimum absolute atomic E-state index is 0. The Kier molecular flexibility index (Phi) is 5.22. The summed E-state index contributed by atoms with van der Waals surface area (Å²) in [5, 5.41) is 11.9. The second kappa shape index (κ2) is 6.44. The zero-order chi connectivity index (χ0) is 12.3. The fourth-order valence-electron chi connectivity index (χ4n) is 1.58. The Morgan fingerprint density at radius 3 is 2.56 bits per heavy atom. The summed E-state index contributed by atoms with van der Waals surface area (Å²) in [5.74, 6) is 0. The highest BCUT2D eigenvalue weighted by Gasteiger charge is 2.02. The number of nitrogens with one attached hydrogen (secondary N) is 1. The van der Waals surface area contributed by atoms with Crippen LogP contribution in [0.1, 0.15) is 32.4 Å². The average molecular weight is 270 g/mol. The number of nitrogens with zero attached hydrogens (tertiary/aromatic N) is 4. The van der Waals surface area contributed by atoms with Crippen molar-refractivity contribution in [2.75, 3.05) is 5.32 Å². The molecule has 5 nitrogen and oxygen atoms in total. The first-order chi connectivity index (χ1) is 8.19. The zero-order valence-corrected chi connectivity index (χ0v) is 11.8. The van der Waals surface area contributed by atoms with Crippen molar-refractivity contribution < 1.29 is 0 Å². The summed E-state index contributed by atoms with van der Waals surface area (Å²) in [6, 6.07) is 0.409. The highest BCUT2D eigenvalue weighted by atomic mass is 35.5. The normalized spacial score (nSPS) is 10.4. The van der Waals surface area contributed by atoms with E-state index < -0.39 is 0 Å². The number of hydrogen-bond acceptors (Lipinski definition) is 3. The molecule has 0 aromatic carbocycles. The van der Waals surface area contributed by atoms with E-state index in [9.17, 15) is 0 Å². The molecule has 0 aliphatic heterocycles. The smallest absolute Gasteiger partial charge is 0.0729 e. The van der Waals surface area contributed by atoms with E-state index in [0.29, 0.717) is 6.04 Å². The zero-order valence-electron chi connectivity index (χ0n) is 11.0. The highest BCUT2D eigenvalue weighted by molar-refractivity contribution is 5.85. The molecule has 0 saturated carbocycles. The van der Waals surface area contributed by atoms with Gasteiger partial charge < -0.3 is 5.32 Å². The molecule has 100 valence electrons. The van der Waals surface area contributed by atoms with Gasteiger partial charge in [0.25, 0.3) is 0 Å². The maximum absolute atomic E-state index is 4.31.